The van der Waals surface area contributed by atoms with Crippen LogP contribution in [0, 0.1) is 0 Å². The lowest BCUT2D eigenvalue weighted by Gasteiger charge is -2.32. The van der Waals surface area contributed by atoms with Gasteiger partial charge in [-0.1, -0.05) is 64.4 Å². The van der Waals surface area contributed by atoms with Crippen LogP contribution >= 0.6 is 15.2 Å². The molecule has 3 atom stereocenters. The molecule has 2 aliphatic heterocycles. The second-order valence-electron chi connectivity index (χ2n) is 11.8. The quantitative estimate of drug-likeness (QED) is 0.110. The first kappa shape index (κ1) is 47.4. The molecule has 2 heterocycles. The first-order valence-corrected chi connectivity index (χ1v) is 21.8. The maximum absolute atomic E-state index is 13.1. The molecular formula is C34H51N2O12P2S2-. The Morgan fingerprint density at radius 3 is 1.85 bits per heavy atom. The van der Waals surface area contributed by atoms with Crippen molar-refractivity contribution in [1.29, 1.82) is 0 Å². The number of rotatable bonds is 15. The molecule has 18 heteroatoms. The first-order chi connectivity index (χ1) is 23.0. The van der Waals surface area contributed by atoms with Gasteiger partial charge in [0.15, 0.2) is 12.3 Å². The van der Waals surface area contributed by atoms with Crippen molar-refractivity contribution in [2.45, 2.75) is 67.2 Å². The van der Waals surface area contributed by atoms with Crippen molar-refractivity contribution in [3.63, 3.8) is 0 Å². The Labute approximate surface area is 308 Å². The number of aliphatic imine (C=N–C) groups is 1. The van der Waals surface area contributed by atoms with Crippen molar-refractivity contribution >= 4 is 58.2 Å². The van der Waals surface area contributed by atoms with E-state index in [1.54, 1.807) is 56.5 Å². The highest BCUT2D eigenvalue weighted by Crippen LogP contribution is 2.64. The fraction of sp³-hybridized carbons (Fsp3) is 0.471. The van der Waals surface area contributed by atoms with E-state index in [0.717, 1.165) is 17.0 Å². The summed E-state index contributed by atoms with van der Waals surface area (Å²) in [7, 11) is -17.1. The van der Waals surface area contributed by atoms with Crippen molar-refractivity contribution < 1.29 is 58.1 Å². The number of nitrogens with zero attached hydrogens (tertiary/aromatic N) is 2. The molecule has 0 saturated carbocycles. The van der Waals surface area contributed by atoms with Gasteiger partial charge in [-0.3, -0.25) is 14.1 Å². The van der Waals surface area contributed by atoms with E-state index in [0.29, 0.717) is 35.5 Å². The Balaban J connectivity index is 0.000000524. The summed E-state index contributed by atoms with van der Waals surface area (Å²) in [5.74, 6) is -1.65. The molecule has 0 amide bonds. The molecular weight excluding hydrogens is 754 g/mol. The van der Waals surface area contributed by atoms with Crippen molar-refractivity contribution in [2.24, 2.45) is 4.99 Å². The summed E-state index contributed by atoms with van der Waals surface area (Å²) < 4.78 is 108. The lowest BCUT2D eigenvalue weighted by molar-refractivity contribution is -0.433. The Morgan fingerprint density at radius 1 is 0.827 bits per heavy atom. The van der Waals surface area contributed by atoms with Crippen molar-refractivity contribution in [2.75, 3.05) is 37.9 Å². The van der Waals surface area contributed by atoms with Crippen LogP contribution in [0.5, 0.6) is 0 Å². The van der Waals surface area contributed by atoms with Gasteiger partial charge in [0.2, 0.25) is 5.69 Å². The molecule has 0 saturated heterocycles. The zero-order valence-corrected chi connectivity index (χ0v) is 32.2. The molecule has 0 bridgehead atoms. The normalized spacial score (nSPS) is 20.6. The molecule has 0 fully saturated rings. The number of allylic oxidation sites excluding steroid dienone is 2. The van der Waals surface area contributed by atoms with Crippen LogP contribution in [0.15, 0.2) is 77.3 Å². The summed E-state index contributed by atoms with van der Waals surface area (Å²) in [5.41, 5.74) is 2.38. The van der Waals surface area contributed by atoms with Gasteiger partial charge in [0, 0.05) is 24.3 Å². The fourth-order valence-corrected chi connectivity index (χ4v) is 9.96. The molecule has 2 aromatic carbocycles. The van der Waals surface area contributed by atoms with Gasteiger partial charge in [-0.05, 0) is 46.2 Å². The lowest BCUT2D eigenvalue weighted by atomic mass is 9.80. The van der Waals surface area contributed by atoms with Gasteiger partial charge in [-0.25, -0.2) is 16.8 Å². The highest BCUT2D eigenvalue weighted by Gasteiger charge is 2.53. The lowest BCUT2D eigenvalue weighted by Crippen LogP contribution is -2.33. The number of hydrogen-bond acceptors (Lipinski definition) is 12. The Hall–Kier alpha value is -2.62. The number of para-hydroxylation sites is 2. The van der Waals surface area contributed by atoms with E-state index in [1.165, 1.54) is 0 Å². The van der Waals surface area contributed by atoms with E-state index < -0.39 is 64.4 Å². The molecule has 0 aliphatic carbocycles. The van der Waals surface area contributed by atoms with Gasteiger partial charge >= 0.3 is 15.2 Å². The maximum Gasteiger partial charge on any atom is 0.358 e. The standard InChI is InChI=1S/C16H22NO9PS2.C16H22NO3P.2CH4/c1-12-16(3,13(2)27(18,19)26-9-11-29(23,24)25)14-6-4-5-7-15(14)17(12)8-10-28(20,21)22;1-6-19-21(18,20-7-2)13(4)16(5)12(3)17-15-11-9-8-10-14(15)16;;/h4-7H,2,8-11H2,1,3H3,(H2-,18,19,20,21,22,23,24,25);8-11H,4,6-7H2,1-3,5H3;2*1H4/p-1. The number of fused-ring (bicyclic) bond motifs is 2. The van der Waals surface area contributed by atoms with Gasteiger partial charge in [-0.2, -0.15) is 4.58 Å². The van der Waals surface area contributed by atoms with E-state index in [1.807, 2.05) is 38.1 Å². The third kappa shape index (κ3) is 9.92. The minimum atomic E-state index is -4.63. The Bertz CT molecular complexity index is 2040. The third-order valence-electron chi connectivity index (χ3n) is 8.91. The zero-order valence-electron chi connectivity index (χ0n) is 28.8. The average Bonchev–Trinajstić information content (AvgIpc) is 3.41. The van der Waals surface area contributed by atoms with Crippen LogP contribution < -0.4 is 0 Å². The number of benzene rings is 2. The molecule has 3 unspecified atom stereocenters. The topological polar surface area (TPSA) is 212 Å². The van der Waals surface area contributed by atoms with Gasteiger partial charge in [0.05, 0.1) is 63.2 Å². The van der Waals surface area contributed by atoms with E-state index in [9.17, 15) is 40.0 Å². The van der Waals surface area contributed by atoms with Crippen LogP contribution in [0.2, 0.25) is 0 Å². The minimum absolute atomic E-state index is 0. The predicted molar refractivity (Wildman–Crippen MR) is 203 cm³/mol. The van der Waals surface area contributed by atoms with Crippen molar-refractivity contribution in [3.05, 3.63) is 83.4 Å². The molecule has 4 rings (SSSR count). The highest BCUT2D eigenvalue weighted by molar-refractivity contribution is 7.85. The van der Waals surface area contributed by atoms with Crippen molar-refractivity contribution in [3.8, 4) is 0 Å². The molecule has 2 aliphatic rings. The highest BCUT2D eigenvalue weighted by atomic mass is 32.2. The molecule has 0 radical (unpaired) electrons. The van der Waals surface area contributed by atoms with Crippen LogP contribution in [0.3, 0.4) is 0 Å². The molecule has 0 spiro atoms. The summed E-state index contributed by atoms with van der Waals surface area (Å²) >= 11 is 0. The zero-order chi connectivity index (χ0) is 37.9. The van der Waals surface area contributed by atoms with Crippen LogP contribution in [-0.4, -0.2) is 84.7 Å². The molecule has 1 N–H and O–H groups in total. The summed E-state index contributed by atoms with van der Waals surface area (Å²) in [6, 6.07) is 14.5. The van der Waals surface area contributed by atoms with E-state index in [-0.39, 0.29) is 26.7 Å². The van der Waals surface area contributed by atoms with E-state index in [2.05, 4.69) is 18.2 Å². The Kier molecular flexibility index (Phi) is 16.1. The fourth-order valence-electron chi connectivity index (χ4n) is 5.91. The van der Waals surface area contributed by atoms with Crippen LogP contribution in [0.4, 0.5) is 11.4 Å². The summed E-state index contributed by atoms with van der Waals surface area (Å²) in [6.45, 7) is 18.1. The van der Waals surface area contributed by atoms with Crippen LogP contribution in [0.1, 0.15) is 67.5 Å². The largest absolute Gasteiger partial charge is 0.748 e. The van der Waals surface area contributed by atoms with Gasteiger partial charge in [0.25, 0.3) is 0 Å². The number of hydrogen-bond donors (Lipinski definition) is 1. The summed E-state index contributed by atoms with van der Waals surface area (Å²) in [5, 5.41) is 0.177. The van der Waals surface area contributed by atoms with E-state index in [4.69, 9.17) is 13.6 Å². The predicted octanol–water partition coefficient (Wildman–Crippen LogP) is 6.97. The molecule has 292 valence electrons. The van der Waals surface area contributed by atoms with Crippen LogP contribution in [0.25, 0.3) is 0 Å². The maximum atomic E-state index is 13.1. The van der Waals surface area contributed by atoms with E-state index >= 15 is 0 Å². The monoisotopic (exact) mass is 805 g/mol. The molecule has 14 nitrogen and oxygen atoms in total. The van der Waals surface area contributed by atoms with Gasteiger partial charge in [0.1, 0.15) is 15.5 Å². The summed E-state index contributed by atoms with van der Waals surface area (Å²) in [4.78, 5) is 14.9. The SMILES string of the molecule is C.C.C=C(C1(C)C(C)=Nc2ccccc21)P(=O)(OCC)OCC.C=C(C1(C)C(C)=[N+](CCS(=O)(=O)[O-])c2ccccc21)P(=O)(O)OCCS(=O)(=O)[O-]. The molecule has 52 heavy (non-hydrogen) atoms. The minimum Gasteiger partial charge on any atom is -0.748 e. The summed E-state index contributed by atoms with van der Waals surface area (Å²) in [6.07, 6.45) is 0. The average molecular weight is 806 g/mol. The molecule has 0 aromatic heterocycles. The molecule has 2 aromatic rings. The second kappa shape index (κ2) is 17.7. The second-order valence-corrected chi connectivity index (χ2v) is 18.8. The third-order valence-corrected chi connectivity index (χ3v) is 14.2. The Morgan fingerprint density at radius 2 is 1.33 bits per heavy atom. The van der Waals surface area contributed by atoms with Crippen LogP contribution in [-0.2, 0) is 53.8 Å². The van der Waals surface area contributed by atoms with Crippen molar-refractivity contribution in [1.82, 2.24) is 0 Å². The smallest absolute Gasteiger partial charge is 0.358 e. The first-order valence-electron chi connectivity index (χ1n) is 15.5. The van der Waals surface area contributed by atoms with Gasteiger partial charge in [-0.15, -0.1) is 0 Å². The van der Waals surface area contributed by atoms with Gasteiger partial charge < -0.3 is 27.6 Å².